The Balaban J connectivity index is 2.22. The first-order chi connectivity index (χ1) is 9.86. The first kappa shape index (κ1) is 15.3. The number of anilines is 1. The van der Waals surface area contributed by atoms with E-state index in [0.717, 1.165) is 12.8 Å². The molecule has 0 bridgehead atoms. The first-order valence-corrected chi connectivity index (χ1v) is 6.93. The summed E-state index contributed by atoms with van der Waals surface area (Å²) in [5.74, 6) is -1.43. The van der Waals surface area contributed by atoms with Crippen molar-refractivity contribution in [1.82, 2.24) is 4.90 Å². The van der Waals surface area contributed by atoms with Crippen molar-refractivity contribution in [2.45, 2.75) is 38.6 Å². The van der Waals surface area contributed by atoms with Crippen LogP contribution in [0.25, 0.3) is 0 Å². The number of carboxylic acids is 1. The van der Waals surface area contributed by atoms with Gasteiger partial charge in [-0.05, 0) is 45.2 Å². The molecule has 1 aliphatic heterocycles. The highest BCUT2D eigenvalue weighted by molar-refractivity contribution is 5.94. The number of carbonyl (C=O) groups is 2. The highest BCUT2D eigenvalue weighted by atomic mass is 19.1. The summed E-state index contributed by atoms with van der Waals surface area (Å²) in [5.41, 5.74) is -0.526. The van der Waals surface area contributed by atoms with E-state index in [1.54, 1.807) is 19.9 Å². The number of rotatable bonds is 2. The van der Waals surface area contributed by atoms with E-state index in [4.69, 9.17) is 0 Å². The van der Waals surface area contributed by atoms with Gasteiger partial charge in [0.2, 0.25) is 0 Å². The maximum absolute atomic E-state index is 13.5. The highest BCUT2D eigenvalue weighted by Gasteiger charge is 2.44. The second kappa shape index (κ2) is 5.71. The van der Waals surface area contributed by atoms with Gasteiger partial charge >= 0.3 is 12.0 Å². The highest BCUT2D eigenvalue weighted by Crippen LogP contribution is 2.29. The fourth-order valence-corrected chi connectivity index (χ4v) is 2.59. The van der Waals surface area contributed by atoms with Gasteiger partial charge in [-0.3, -0.25) is 0 Å². The lowest BCUT2D eigenvalue weighted by Crippen LogP contribution is -2.58. The molecular weight excluding hydrogens is 275 g/mol. The van der Waals surface area contributed by atoms with Crippen molar-refractivity contribution in [1.29, 1.82) is 0 Å². The van der Waals surface area contributed by atoms with E-state index in [2.05, 4.69) is 5.32 Å². The molecule has 0 spiro atoms. The van der Waals surface area contributed by atoms with E-state index in [0.29, 0.717) is 24.2 Å². The van der Waals surface area contributed by atoms with Crippen molar-refractivity contribution in [3.8, 4) is 0 Å². The average Bonchev–Trinajstić information content (AvgIpc) is 2.44. The lowest BCUT2D eigenvalue weighted by molar-refractivity contribution is -0.150. The summed E-state index contributed by atoms with van der Waals surface area (Å²) in [4.78, 5) is 25.2. The summed E-state index contributed by atoms with van der Waals surface area (Å²) in [7, 11) is 0. The third-order valence-electron chi connectivity index (χ3n) is 4.11. The first-order valence-electron chi connectivity index (χ1n) is 6.93. The Morgan fingerprint density at radius 3 is 2.76 bits per heavy atom. The maximum Gasteiger partial charge on any atom is 0.329 e. The van der Waals surface area contributed by atoms with Crippen molar-refractivity contribution in [2.75, 3.05) is 11.9 Å². The van der Waals surface area contributed by atoms with E-state index in [1.807, 2.05) is 0 Å². The number of hydrogen-bond donors (Lipinski definition) is 2. The van der Waals surface area contributed by atoms with Gasteiger partial charge in [0.25, 0.3) is 0 Å². The number of piperidine rings is 1. The minimum Gasteiger partial charge on any atom is -0.480 e. The third-order valence-corrected chi connectivity index (χ3v) is 4.11. The molecule has 2 N–H and O–H groups in total. The van der Waals surface area contributed by atoms with Crippen molar-refractivity contribution >= 4 is 17.7 Å². The summed E-state index contributed by atoms with van der Waals surface area (Å²) < 4.78 is 13.5. The summed E-state index contributed by atoms with van der Waals surface area (Å²) in [5, 5.41) is 12.0. The van der Waals surface area contributed by atoms with E-state index < -0.39 is 23.4 Å². The molecule has 21 heavy (non-hydrogen) atoms. The Morgan fingerprint density at radius 2 is 2.10 bits per heavy atom. The zero-order valence-electron chi connectivity index (χ0n) is 12.1. The number of carboxylic acid groups (broad SMARTS) is 1. The van der Waals surface area contributed by atoms with Crippen LogP contribution in [-0.2, 0) is 4.79 Å². The summed E-state index contributed by atoms with van der Waals surface area (Å²) >= 11 is 0. The monoisotopic (exact) mass is 294 g/mol. The molecule has 0 aromatic heterocycles. The number of nitrogens with zero attached hydrogens (tertiary/aromatic N) is 1. The molecule has 2 rings (SSSR count). The molecule has 5 nitrogen and oxygen atoms in total. The Morgan fingerprint density at radius 1 is 1.38 bits per heavy atom. The van der Waals surface area contributed by atoms with Crippen molar-refractivity contribution < 1.29 is 19.1 Å². The smallest absolute Gasteiger partial charge is 0.329 e. The second-order valence-corrected chi connectivity index (χ2v) is 5.53. The molecule has 1 aromatic rings. The maximum atomic E-state index is 13.5. The number of halogens is 1. The molecule has 1 saturated heterocycles. The summed E-state index contributed by atoms with van der Waals surface area (Å²) in [6.07, 6.45) is 1.95. The Hall–Kier alpha value is -2.11. The fourth-order valence-electron chi connectivity index (χ4n) is 2.59. The van der Waals surface area contributed by atoms with Crippen LogP contribution in [-0.4, -0.2) is 34.1 Å². The van der Waals surface area contributed by atoms with E-state index >= 15 is 0 Å². The predicted octanol–water partition coefficient (Wildman–Crippen LogP) is 3.00. The van der Waals surface area contributed by atoms with Gasteiger partial charge in [-0.25, -0.2) is 14.0 Å². The van der Waals surface area contributed by atoms with Crippen LogP contribution in [0.5, 0.6) is 0 Å². The van der Waals surface area contributed by atoms with Crippen LogP contribution >= 0.6 is 0 Å². The Bertz CT molecular complexity index is 576. The van der Waals surface area contributed by atoms with Crippen LogP contribution in [0.15, 0.2) is 18.2 Å². The van der Waals surface area contributed by atoms with E-state index in [9.17, 15) is 19.1 Å². The topological polar surface area (TPSA) is 69.6 Å². The summed E-state index contributed by atoms with van der Waals surface area (Å²) in [6.45, 7) is 3.49. The van der Waals surface area contributed by atoms with Gasteiger partial charge < -0.3 is 15.3 Å². The zero-order chi connectivity index (χ0) is 15.6. The molecule has 1 heterocycles. The molecule has 0 saturated carbocycles. The largest absolute Gasteiger partial charge is 0.480 e. The number of hydrogen-bond acceptors (Lipinski definition) is 2. The predicted molar refractivity (Wildman–Crippen MR) is 76.8 cm³/mol. The standard InChI is InChI=1S/C15H19FN2O3/c1-10-11(16)6-5-7-12(10)17-14(21)18-9-4-3-8-15(18,2)13(19)20/h5-7H,3-4,8-9H2,1-2H3,(H,17,21)(H,19,20). The molecule has 114 valence electrons. The number of benzene rings is 1. The van der Waals surface area contributed by atoms with Crippen LogP contribution in [0.4, 0.5) is 14.9 Å². The number of urea groups is 1. The molecule has 1 unspecified atom stereocenters. The van der Waals surface area contributed by atoms with Gasteiger partial charge in [0.05, 0.1) is 0 Å². The van der Waals surface area contributed by atoms with Crippen molar-refractivity contribution in [2.24, 2.45) is 0 Å². The van der Waals surface area contributed by atoms with Gasteiger partial charge in [0, 0.05) is 17.8 Å². The number of amides is 2. The van der Waals surface area contributed by atoms with E-state index in [-0.39, 0.29) is 0 Å². The SMILES string of the molecule is Cc1c(F)cccc1NC(=O)N1CCCCC1(C)C(=O)O. The van der Waals surface area contributed by atoms with Gasteiger partial charge in [-0.1, -0.05) is 6.07 Å². The average molecular weight is 294 g/mol. The number of nitrogens with one attached hydrogen (secondary N) is 1. The van der Waals surface area contributed by atoms with E-state index in [1.165, 1.54) is 17.0 Å². The van der Waals surface area contributed by atoms with Gasteiger partial charge in [-0.2, -0.15) is 0 Å². The third kappa shape index (κ3) is 2.84. The molecule has 0 aliphatic carbocycles. The number of likely N-dealkylation sites (tertiary alicyclic amines) is 1. The lowest BCUT2D eigenvalue weighted by Gasteiger charge is -2.41. The fraction of sp³-hybridized carbons (Fsp3) is 0.467. The molecule has 0 radical (unpaired) electrons. The minimum atomic E-state index is -1.22. The van der Waals surface area contributed by atoms with Crippen LogP contribution in [0, 0.1) is 12.7 Å². The molecule has 1 aromatic carbocycles. The Kier molecular flexibility index (Phi) is 4.16. The lowest BCUT2D eigenvalue weighted by atomic mass is 9.89. The van der Waals surface area contributed by atoms with Gasteiger partial charge in [0.15, 0.2) is 0 Å². The van der Waals surface area contributed by atoms with Crippen molar-refractivity contribution in [3.05, 3.63) is 29.6 Å². The molecule has 1 fully saturated rings. The number of carbonyl (C=O) groups excluding carboxylic acids is 1. The van der Waals surface area contributed by atoms with Crippen LogP contribution in [0.3, 0.4) is 0 Å². The minimum absolute atomic E-state index is 0.333. The molecule has 2 amide bonds. The molecule has 1 atom stereocenters. The molecular formula is C15H19FN2O3. The van der Waals surface area contributed by atoms with Crippen LogP contribution < -0.4 is 5.32 Å². The zero-order valence-corrected chi connectivity index (χ0v) is 12.1. The van der Waals surface area contributed by atoms with Gasteiger partial charge in [-0.15, -0.1) is 0 Å². The quantitative estimate of drug-likeness (QED) is 0.881. The van der Waals surface area contributed by atoms with Gasteiger partial charge in [0.1, 0.15) is 11.4 Å². The normalized spacial score (nSPS) is 22.0. The van der Waals surface area contributed by atoms with Crippen LogP contribution in [0.1, 0.15) is 31.7 Å². The number of aliphatic carboxylic acids is 1. The summed E-state index contributed by atoms with van der Waals surface area (Å²) in [6, 6.07) is 3.91. The van der Waals surface area contributed by atoms with Crippen molar-refractivity contribution in [3.63, 3.8) is 0 Å². The molecule has 1 aliphatic rings. The Labute approximate surface area is 122 Å². The van der Waals surface area contributed by atoms with Crippen LogP contribution in [0.2, 0.25) is 0 Å². The molecule has 6 heteroatoms. The second-order valence-electron chi connectivity index (χ2n) is 5.53.